The molecule has 0 atom stereocenters. The van der Waals surface area contributed by atoms with Crippen molar-refractivity contribution in [3.63, 3.8) is 0 Å². The molecule has 0 radical (unpaired) electrons. The van der Waals surface area contributed by atoms with Gasteiger partial charge in [0.15, 0.2) is 0 Å². The van der Waals surface area contributed by atoms with Gasteiger partial charge in [-0.3, -0.25) is 4.79 Å². The van der Waals surface area contributed by atoms with Crippen molar-refractivity contribution in [2.24, 2.45) is 5.10 Å². The molecule has 7 heteroatoms. The maximum absolute atomic E-state index is 12.2. The van der Waals surface area contributed by atoms with E-state index in [1.165, 1.54) is 17.3 Å². The van der Waals surface area contributed by atoms with Gasteiger partial charge in [0.25, 0.3) is 0 Å². The fourth-order valence-corrected chi connectivity index (χ4v) is 4.75. The minimum Gasteiger partial charge on any atom is -0.497 e. The minimum atomic E-state index is -0.170. The number of amides is 1. The molecule has 2 aromatic rings. The Morgan fingerprint density at radius 1 is 1.18 bits per heavy atom. The zero-order valence-electron chi connectivity index (χ0n) is 20.3. The lowest BCUT2D eigenvalue weighted by atomic mass is 9.87. The molecule has 1 aliphatic rings. The summed E-state index contributed by atoms with van der Waals surface area (Å²) in [6, 6.07) is 11.8. The van der Waals surface area contributed by atoms with E-state index in [1.54, 1.807) is 20.4 Å². The number of allylic oxidation sites excluding steroid dienone is 1. The van der Waals surface area contributed by atoms with Crippen molar-refractivity contribution in [2.75, 3.05) is 31.4 Å². The number of ether oxygens (including phenoxy) is 2. The van der Waals surface area contributed by atoms with E-state index in [0.717, 1.165) is 46.2 Å². The lowest BCUT2D eigenvalue weighted by Crippen LogP contribution is -2.45. The van der Waals surface area contributed by atoms with Crippen LogP contribution in [0.15, 0.2) is 52.5 Å². The Morgan fingerprint density at radius 3 is 2.55 bits per heavy atom. The fourth-order valence-electron chi connectivity index (χ4n) is 4.06. The van der Waals surface area contributed by atoms with E-state index in [1.807, 2.05) is 24.3 Å². The highest BCUT2D eigenvalue weighted by atomic mass is 32.2. The monoisotopic (exact) mass is 467 g/mol. The molecular formula is C26H33N3O3S. The van der Waals surface area contributed by atoms with Crippen LogP contribution in [0.4, 0.5) is 5.69 Å². The number of thioether (sulfide) groups is 1. The zero-order chi connectivity index (χ0) is 24.0. The predicted molar refractivity (Wildman–Crippen MR) is 138 cm³/mol. The van der Waals surface area contributed by atoms with Crippen LogP contribution in [0.2, 0.25) is 0 Å². The largest absolute Gasteiger partial charge is 0.497 e. The second-order valence-corrected chi connectivity index (χ2v) is 9.55. The average Bonchev–Trinajstić information content (AvgIpc) is 2.80. The van der Waals surface area contributed by atoms with Crippen LogP contribution >= 0.6 is 11.8 Å². The van der Waals surface area contributed by atoms with Gasteiger partial charge in [-0.25, -0.2) is 5.43 Å². The van der Waals surface area contributed by atoms with Gasteiger partial charge in [0, 0.05) is 34.3 Å². The number of hydrazone groups is 1. The first-order chi connectivity index (χ1) is 15.8. The lowest BCUT2D eigenvalue weighted by Gasteiger charge is -2.43. The third-order valence-corrected chi connectivity index (χ3v) is 6.61. The van der Waals surface area contributed by atoms with Crippen LogP contribution in [0.3, 0.4) is 0 Å². The summed E-state index contributed by atoms with van der Waals surface area (Å²) in [5.74, 6) is 1.62. The maximum atomic E-state index is 12.2. The molecule has 1 heterocycles. The van der Waals surface area contributed by atoms with E-state index in [4.69, 9.17) is 9.47 Å². The van der Waals surface area contributed by atoms with Gasteiger partial charge in [0.1, 0.15) is 11.5 Å². The molecule has 1 amide bonds. The Morgan fingerprint density at radius 2 is 1.91 bits per heavy atom. The van der Waals surface area contributed by atoms with Crippen LogP contribution in [0, 0.1) is 0 Å². The van der Waals surface area contributed by atoms with Crippen LogP contribution in [0.25, 0.3) is 5.57 Å². The van der Waals surface area contributed by atoms with Gasteiger partial charge in [-0.15, -0.1) is 11.8 Å². The Bertz CT molecular complexity index is 1050. The summed E-state index contributed by atoms with van der Waals surface area (Å²) >= 11 is 1.45. The van der Waals surface area contributed by atoms with E-state index in [-0.39, 0.29) is 17.2 Å². The molecule has 6 nitrogen and oxygen atoms in total. The van der Waals surface area contributed by atoms with Crippen molar-refractivity contribution >= 4 is 35.1 Å². The van der Waals surface area contributed by atoms with Crippen molar-refractivity contribution in [3.05, 3.63) is 53.6 Å². The van der Waals surface area contributed by atoms with E-state index < -0.39 is 0 Å². The van der Waals surface area contributed by atoms with Crippen LogP contribution in [0.1, 0.15) is 45.2 Å². The van der Waals surface area contributed by atoms with Crippen molar-refractivity contribution in [1.29, 1.82) is 0 Å². The highest BCUT2D eigenvalue weighted by Crippen LogP contribution is 2.41. The van der Waals surface area contributed by atoms with E-state index in [2.05, 4.69) is 61.3 Å². The number of hydrogen-bond donors (Lipinski definition) is 1. The molecule has 1 N–H and O–H groups in total. The van der Waals surface area contributed by atoms with Crippen molar-refractivity contribution in [1.82, 2.24) is 5.43 Å². The van der Waals surface area contributed by atoms with Crippen LogP contribution in [-0.2, 0) is 4.79 Å². The summed E-state index contributed by atoms with van der Waals surface area (Å²) in [5.41, 5.74) is 6.91. The number of nitrogens with one attached hydrogen (secondary N) is 1. The van der Waals surface area contributed by atoms with E-state index in [0.29, 0.717) is 0 Å². The standard InChI is InChI=1S/C26H33N3O3S/c1-7-12-29-23-14-24(32-6)19(13-22(23)18(2)15-26(29,3)4)16-27-28-25(30)17-33-21-10-8-20(31-5)9-11-21/h8-11,13-16H,7,12,17H2,1-6H3,(H,28,30)/b27-16+. The van der Waals surface area contributed by atoms with Crippen LogP contribution in [-0.4, -0.2) is 44.2 Å². The quantitative estimate of drug-likeness (QED) is 0.306. The number of methoxy groups -OCH3 is 2. The Hall–Kier alpha value is -2.93. The van der Waals surface area contributed by atoms with E-state index in [9.17, 15) is 4.79 Å². The smallest absolute Gasteiger partial charge is 0.250 e. The molecule has 0 saturated carbocycles. The topological polar surface area (TPSA) is 63.2 Å². The van der Waals surface area contributed by atoms with Crippen molar-refractivity contribution in [3.8, 4) is 11.5 Å². The van der Waals surface area contributed by atoms with Crippen molar-refractivity contribution in [2.45, 2.75) is 44.6 Å². The molecular weight excluding hydrogens is 434 g/mol. The van der Waals surface area contributed by atoms with Gasteiger partial charge in [-0.2, -0.15) is 5.10 Å². The number of nitrogens with zero attached hydrogens (tertiary/aromatic N) is 2. The number of anilines is 1. The first kappa shape index (κ1) is 24.7. The molecule has 0 aliphatic carbocycles. The minimum absolute atomic E-state index is 0.0662. The predicted octanol–water partition coefficient (Wildman–Crippen LogP) is 5.36. The lowest BCUT2D eigenvalue weighted by molar-refractivity contribution is -0.118. The number of fused-ring (bicyclic) bond motifs is 1. The third kappa shape index (κ3) is 5.90. The third-order valence-electron chi connectivity index (χ3n) is 5.60. The highest BCUT2D eigenvalue weighted by molar-refractivity contribution is 8.00. The Balaban J connectivity index is 1.71. The molecule has 33 heavy (non-hydrogen) atoms. The summed E-state index contributed by atoms with van der Waals surface area (Å²) in [7, 11) is 3.29. The molecule has 0 saturated heterocycles. The summed E-state index contributed by atoms with van der Waals surface area (Å²) in [6.07, 6.45) is 5.00. The molecule has 0 bridgehead atoms. The number of carbonyl (C=O) groups excluding carboxylic acids is 1. The highest BCUT2D eigenvalue weighted by Gasteiger charge is 2.31. The summed E-state index contributed by atoms with van der Waals surface area (Å²) < 4.78 is 10.8. The molecule has 1 aliphatic heterocycles. The second-order valence-electron chi connectivity index (χ2n) is 8.50. The Labute approximate surface area is 201 Å². The zero-order valence-corrected chi connectivity index (χ0v) is 21.1. The SMILES string of the molecule is CCCN1c2cc(OC)c(/C=N/NC(=O)CSc3ccc(OC)cc3)cc2C(C)=CC1(C)C. The first-order valence-corrected chi connectivity index (χ1v) is 12.1. The number of carbonyl (C=O) groups is 1. The Kier molecular flexibility index (Phi) is 8.08. The molecule has 0 unspecified atom stereocenters. The van der Waals surface area contributed by atoms with Gasteiger partial charge in [-0.05, 0) is 63.1 Å². The normalized spacial score (nSPS) is 14.6. The average molecular weight is 468 g/mol. The van der Waals surface area contributed by atoms with E-state index >= 15 is 0 Å². The van der Waals surface area contributed by atoms with Gasteiger partial charge in [-0.1, -0.05) is 13.0 Å². The molecule has 0 spiro atoms. The summed E-state index contributed by atoms with van der Waals surface area (Å²) in [5, 5.41) is 4.18. The van der Waals surface area contributed by atoms with Gasteiger partial charge >= 0.3 is 0 Å². The fraction of sp³-hybridized carbons (Fsp3) is 0.385. The van der Waals surface area contributed by atoms with Crippen molar-refractivity contribution < 1.29 is 14.3 Å². The van der Waals surface area contributed by atoms with Crippen LogP contribution in [0.5, 0.6) is 11.5 Å². The van der Waals surface area contributed by atoms with Gasteiger partial charge < -0.3 is 14.4 Å². The molecule has 0 fully saturated rings. The van der Waals surface area contributed by atoms with Crippen LogP contribution < -0.4 is 19.8 Å². The number of rotatable bonds is 9. The molecule has 176 valence electrons. The summed E-state index contributed by atoms with van der Waals surface area (Å²) in [6.45, 7) is 9.75. The first-order valence-electron chi connectivity index (χ1n) is 11.1. The molecule has 0 aromatic heterocycles. The number of benzene rings is 2. The van der Waals surface area contributed by atoms with Gasteiger partial charge in [0.05, 0.1) is 31.7 Å². The molecule has 3 rings (SSSR count). The second kappa shape index (κ2) is 10.8. The summed E-state index contributed by atoms with van der Waals surface area (Å²) in [4.78, 5) is 15.6. The van der Waals surface area contributed by atoms with Gasteiger partial charge in [0.2, 0.25) is 5.91 Å². The maximum Gasteiger partial charge on any atom is 0.250 e. The molecule has 2 aromatic carbocycles. The number of hydrogen-bond acceptors (Lipinski definition) is 6.